The Bertz CT molecular complexity index is 705. The maximum atomic E-state index is 12.3. The van der Waals surface area contributed by atoms with Gasteiger partial charge in [0.25, 0.3) is 0 Å². The fraction of sp³-hybridized carbons (Fsp3) is 0.222. The number of methoxy groups -OCH3 is 2. The first-order valence-electron chi connectivity index (χ1n) is 7.13. The van der Waals surface area contributed by atoms with Crippen molar-refractivity contribution >= 4 is 11.6 Å². The quantitative estimate of drug-likeness (QED) is 0.890. The molecule has 0 aromatic heterocycles. The zero-order valence-electron chi connectivity index (χ0n) is 13.1. The monoisotopic (exact) mass is 310 g/mol. The van der Waals surface area contributed by atoms with Gasteiger partial charge in [-0.15, -0.1) is 0 Å². The van der Waals surface area contributed by atoms with Crippen LogP contribution in [-0.4, -0.2) is 20.1 Å². The van der Waals surface area contributed by atoms with E-state index >= 15 is 0 Å². The highest BCUT2D eigenvalue weighted by Gasteiger charge is 2.19. The molecule has 1 atom stereocenters. The van der Waals surface area contributed by atoms with Gasteiger partial charge in [-0.3, -0.25) is 4.79 Å². The minimum Gasteiger partial charge on any atom is -0.497 e. The van der Waals surface area contributed by atoms with Crippen molar-refractivity contribution in [2.24, 2.45) is 5.92 Å². The molecule has 2 rings (SSSR count). The molecule has 5 nitrogen and oxygen atoms in total. The Kier molecular flexibility index (Phi) is 5.59. The minimum atomic E-state index is -0.774. The third-order valence-electron chi connectivity index (χ3n) is 3.40. The second-order valence-corrected chi connectivity index (χ2v) is 4.96. The Morgan fingerprint density at radius 3 is 2.43 bits per heavy atom. The van der Waals surface area contributed by atoms with Crippen LogP contribution in [0.15, 0.2) is 48.5 Å². The predicted octanol–water partition coefficient (Wildman–Crippen LogP) is 3.02. The minimum absolute atomic E-state index is 0.329. The van der Waals surface area contributed by atoms with E-state index in [0.717, 1.165) is 5.56 Å². The van der Waals surface area contributed by atoms with Crippen molar-refractivity contribution in [1.29, 1.82) is 5.26 Å². The summed E-state index contributed by atoms with van der Waals surface area (Å²) >= 11 is 0. The zero-order chi connectivity index (χ0) is 16.7. The first kappa shape index (κ1) is 16.4. The molecule has 118 valence electrons. The van der Waals surface area contributed by atoms with Gasteiger partial charge in [0.05, 0.1) is 20.3 Å². The molecule has 0 heterocycles. The number of ether oxygens (including phenoxy) is 2. The molecule has 0 radical (unpaired) electrons. The summed E-state index contributed by atoms with van der Waals surface area (Å²) in [4.78, 5) is 12.3. The Balaban J connectivity index is 2.04. The van der Waals surface area contributed by atoms with Gasteiger partial charge in [0.15, 0.2) is 0 Å². The summed E-state index contributed by atoms with van der Waals surface area (Å²) in [5, 5.41) is 12.0. The molecule has 0 bridgehead atoms. The fourth-order valence-electron chi connectivity index (χ4n) is 2.14. The molecule has 5 heteroatoms. The average molecular weight is 310 g/mol. The van der Waals surface area contributed by atoms with Crippen LogP contribution in [0.1, 0.15) is 5.56 Å². The Morgan fingerprint density at radius 1 is 1.13 bits per heavy atom. The SMILES string of the molecule is COc1ccc(NC(=O)C(C#N)Cc2cccc(OC)c2)cc1. The number of benzene rings is 2. The van der Waals surface area contributed by atoms with Crippen molar-refractivity contribution in [3.8, 4) is 17.6 Å². The number of nitriles is 1. The smallest absolute Gasteiger partial charge is 0.242 e. The Hall–Kier alpha value is -3.00. The van der Waals surface area contributed by atoms with E-state index in [2.05, 4.69) is 11.4 Å². The summed E-state index contributed by atoms with van der Waals surface area (Å²) in [7, 11) is 3.16. The second kappa shape index (κ2) is 7.85. The van der Waals surface area contributed by atoms with Gasteiger partial charge in [0, 0.05) is 5.69 Å². The number of rotatable bonds is 6. The van der Waals surface area contributed by atoms with Crippen molar-refractivity contribution in [1.82, 2.24) is 0 Å². The van der Waals surface area contributed by atoms with Crippen LogP contribution in [0.4, 0.5) is 5.69 Å². The maximum Gasteiger partial charge on any atom is 0.242 e. The first-order valence-corrected chi connectivity index (χ1v) is 7.13. The standard InChI is InChI=1S/C18H18N2O3/c1-22-16-8-6-15(7-9-16)20-18(21)14(12-19)10-13-4-3-5-17(11-13)23-2/h3-9,11,14H,10H2,1-2H3,(H,20,21). The summed E-state index contributed by atoms with van der Waals surface area (Å²) < 4.78 is 10.2. The lowest BCUT2D eigenvalue weighted by Gasteiger charge is -2.11. The summed E-state index contributed by atoms with van der Waals surface area (Å²) in [5.41, 5.74) is 1.50. The average Bonchev–Trinajstić information content (AvgIpc) is 2.60. The van der Waals surface area contributed by atoms with Crippen LogP contribution in [-0.2, 0) is 11.2 Å². The molecule has 0 aliphatic rings. The van der Waals surface area contributed by atoms with Crippen LogP contribution in [0.5, 0.6) is 11.5 Å². The maximum absolute atomic E-state index is 12.3. The second-order valence-electron chi connectivity index (χ2n) is 4.96. The number of carbonyl (C=O) groups is 1. The van der Waals surface area contributed by atoms with Crippen LogP contribution < -0.4 is 14.8 Å². The summed E-state index contributed by atoms with van der Waals surface area (Å²) in [6.07, 6.45) is 0.329. The van der Waals surface area contributed by atoms with Crippen LogP contribution >= 0.6 is 0 Å². The molecule has 2 aromatic rings. The van der Waals surface area contributed by atoms with Gasteiger partial charge < -0.3 is 14.8 Å². The molecule has 0 spiro atoms. The molecule has 1 amide bonds. The molecule has 1 N–H and O–H groups in total. The molecular formula is C18H18N2O3. The van der Waals surface area contributed by atoms with Crippen molar-refractivity contribution < 1.29 is 14.3 Å². The van der Waals surface area contributed by atoms with Gasteiger partial charge in [-0.25, -0.2) is 0 Å². The van der Waals surface area contributed by atoms with Crippen LogP contribution in [0.2, 0.25) is 0 Å². The van der Waals surface area contributed by atoms with E-state index in [4.69, 9.17) is 9.47 Å². The molecule has 23 heavy (non-hydrogen) atoms. The number of nitrogens with zero attached hydrogens (tertiary/aromatic N) is 1. The molecule has 1 unspecified atom stereocenters. The molecule has 0 saturated carbocycles. The molecule has 0 saturated heterocycles. The third-order valence-corrected chi connectivity index (χ3v) is 3.40. The van der Waals surface area contributed by atoms with Crippen LogP contribution in [0.3, 0.4) is 0 Å². The largest absolute Gasteiger partial charge is 0.497 e. The third kappa shape index (κ3) is 4.48. The van der Waals surface area contributed by atoms with Gasteiger partial charge in [-0.2, -0.15) is 5.26 Å². The van der Waals surface area contributed by atoms with E-state index in [1.807, 2.05) is 24.3 Å². The lowest BCUT2D eigenvalue weighted by Crippen LogP contribution is -2.23. The number of nitrogens with one attached hydrogen (secondary N) is 1. The normalized spacial score (nSPS) is 11.2. The molecule has 0 aliphatic heterocycles. The van der Waals surface area contributed by atoms with E-state index < -0.39 is 5.92 Å². The van der Waals surface area contributed by atoms with Crippen LogP contribution in [0, 0.1) is 17.2 Å². The summed E-state index contributed by atoms with van der Waals surface area (Å²) in [5.74, 6) is 0.302. The lowest BCUT2D eigenvalue weighted by atomic mass is 9.99. The molecule has 2 aromatic carbocycles. The summed E-state index contributed by atoms with van der Waals surface area (Å²) in [6.45, 7) is 0. The van der Waals surface area contributed by atoms with Crippen LogP contribution in [0.25, 0.3) is 0 Å². The fourth-order valence-corrected chi connectivity index (χ4v) is 2.14. The number of hydrogen-bond donors (Lipinski definition) is 1. The zero-order valence-corrected chi connectivity index (χ0v) is 13.1. The highest BCUT2D eigenvalue weighted by atomic mass is 16.5. The van der Waals surface area contributed by atoms with Gasteiger partial charge in [-0.05, 0) is 48.4 Å². The van der Waals surface area contributed by atoms with E-state index in [1.165, 1.54) is 0 Å². The van der Waals surface area contributed by atoms with Crippen molar-refractivity contribution in [2.75, 3.05) is 19.5 Å². The van der Waals surface area contributed by atoms with Gasteiger partial charge in [0.2, 0.25) is 5.91 Å². The molecule has 0 aliphatic carbocycles. The first-order chi connectivity index (χ1) is 11.2. The Morgan fingerprint density at radius 2 is 1.83 bits per heavy atom. The van der Waals surface area contributed by atoms with E-state index in [9.17, 15) is 10.1 Å². The highest BCUT2D eigenvalue weighted by Crippen LogP contribution is 2.19. The van der Waals surface area contributed by atoms with E-state index in [-0.39, 0.29) is 5.91 Å². The van der Waals surface area contributed by atoms with Crippen molar-refractivity contribution in [3.63, 3.8) is 0 Å². The molecular weight excluding hydrogens is 292 g/mol. The number of carbonyl (C=O) groups excluding carboxylic acids is 1. The van der Waals surface area contributed by atoms with E-state index in [0.29, 0.717) is 23.6 Å². The Labute approximate surface area is 135 Å². The summed E-state index contributed by atoms with van der Waals surface area (Å²) in [6, 6.07) is 16.4. The van der Waals surface area contributed by atoms with Gasteiger partial charge in [-0.1, -0.05) is 12.1 Å². The predicted molar refractivity (Wildman–Crippen MR) is 87.4 cm³/mol. The van der Waals surface area contributed by atoms with Crippen molar-refractivity contribution in [3.05, 3.63) is 54.1 Å². The highest BCUT2D eigenvalue weighted by molar-refractivity contribution is 5.94. The van der Waals surface area contributed by atoms with Crippen molar-refractivity contribution in [2.45, 2.75) is 6.42 Å². The topological polar surface area (TPSA) is 71.3 Å². The lowest BCUT2D eigenvalue weighted by molar-refractivity contribution is -0.118. The molecule has 0 fully saturated rings. The van der Waals surface area contributed by atoms with Gasteiger partial charge >= 0.3 is 0 Å². The number of hydrogen-bond acceptors (Lipinski definition) is 4. The number of anilines is 1. The van der Waals surface area contributed by atoms with Gasteiger partial charge in [0.1, 0.15) is 17.4 Å². The number of amides is 1. The van der Waals surface area contributed by atoms with E-state index in [1.54, 1.807) is 38.5 Å².